The number of aryl methyl sites for hydroxylation is 1. The molecule has 0 bridgehead atoms. The lowest BCUT2D eigenvalue weighted by Crippen LogP contribution is -2.46. The summed E-state index contributed by atoms with van der Waals surface area (Å²) in [6.07, 6.45) is 1.51. The molecule has 8 nitrogen and oxygen atoms in total. The third-order valence-corrected chi connectivity index (χ3v) is 7.91. The van der Waals surface area contributed by atoms with Gasteiger partial charge in [-0.05, 0) is 55.7 Å². The van der Waals surface area contributed by atoms with Crippen LogP contribution in [0.4, 0.5) is 4.39 Å². The highest BCUT2D eigenvalue weighted by Crippen LogP contribution is 2.31. The molecule has 1 aromatic carbocycles. The number of sulfone groups is 1. The number of nitrogens with one attached hydrogen (secondary N) is 1. The van der Waals surface area contributed by atoms with Gasteiger partial charge in [0, 0.05) is 17.1 Å². The highest BCUT2D eigenvalue weighted by Gasteiger charge is 2.42. The lowest BCUT2D eigenvalue weighted by molar-refractivity contribution is -0.114. The first-order valence-corrected chi connectivity index (χ1v) is 12.6. The van der Waals surface area contributed by atoms with Gasteiger partial charge in [-0.25, -0.2) is 17.7 Å². The van der Waals surface area contributed by atoms with E-state index in [2.05, 4.69) is 9.39 Å². The molecule has 0 saturated heterocycles. The van der Waals surface area contributed by atoms with E-state index in [4.69, 9.17) is 5.41 Å². The maximum Gasteiger partial charge on any atom is 0.283 e. The van der Waals surface area contributed by atoms with Crippen LogP contribution in [0, 0.1) is 31.0 Å². The van der Waals surface area contributed by atoms with Gasteiger partial charge in [0.25, 0.3) is 5.91 Å². The Kier molecular flexibility index (Phi) is 5.87. The number of aromatic nitrogens is 1. The molecule has 4 rings (SSSR count). The standard InChI is InChI=1S/C22H22FN5O3S2/c1-12(2)11-33(30,31)22-26-32-21-25-20(29)18(19(24)28(21)22)9-15-8-13(3)27(14(15)4)17-7-5-6-16(23)10-17/h5-10,12,24H,11H2,1-4H3/b18-9-,24-19?. The number of fused-ring (bicyclic) bond motifs is 1. The van der Waals surface area contributed by atoms with Crippen molar-refractivity contribution in [2.24, 2.45) is 15.3 Å². The van der Waals surface area contributed by atoms with Gasteiger partial charge in [0.15, 0.2) is 0 Å². The molecular formula is C22H22FN5O3S2. The summed E-state index contributed by atoms with van der Waals surface area (Å²) in [5.74, 6) is -1.58. The monoisotopic (exact) mass is 487 g/mol. The number of hydrogen-bond donors (Lipinski definition) is 1. The van der Waals surface area contributed by atoms with Gasteiger partial charge < -0.3 is 4.57 Å². The molecule has 2 aliphatic heterocycles. The summed E-state index contributed by atoms with van der Waals surface area (Å²) in [6.45, 7) is 7.23. The normalized spacial score (nSPS) is 17.6. The molecule has 0 fully saturated rings. The maximum atomic E-state index is 13.8. The zero-order valence-electron chi connectivity index (χ0n) is 18.5. The second kappa shape index (κ2) is 8.38. The Morgan fingerprint density at radius 1 is 1.24 bits per heavy atom. The maximum absolute atomic E-state index is 13.8. The number of rotatable bonds is 4. The van der Waals surface area contributed by atoms with Crippen LogP contribution in [-0.4, -0.2) is 45.7 Å². The second-order valence-corrected chi connectivity index (χ2v) is 10.9. The van der Waals surface area contributed by atoms with Crippen LogP contribution in [0.5, 0.6) is 0 Å². The second-order valence-electron chi connectivity index (χ2n) is 8.22. The molecule has 0 saturated carbocycles. The van der Waals surface area contributed by atoms with E-state index in [-0.39, 0.29) is 39.2 Å². The first kappa shape index (κ1) is 23.1. The zero-order valence-corrected chi connectivity index (χ0v) is 20.1. The molecule has 0 aliphatic carbocycles. The van der Waals surface area contributed by atoms with E-state index >= 15 is 0 Å². The van der Waals surface area contributed by atoms with Gasteiger partial charge in [-0.2, -0.15) is 9.39 Å². The summed E-state index contributed by atoms with van der Waals surface area (Å²) in [4.78, 5) is 17.8. The van der Waals surface area contributed by atoms with Crippen LogP contribution in [-0.2, 0) is 14.6 Å². The largest absolute Gasteiger partial charge is 0.318 e. The lowest BCUT2D eigenvalue weighted by Gasteiger charge is -2.24. The molecule has 33 heavy (non-hydrogen) atoms. The summed E-state index contributed by atoms with van der Waals surface area (Å²) in [5, 5.41) is 8.38. The number of nitrogens with zero attached hydrogens (tertiary/aromatic N) is 4. The van der Waals surface area contributed by atoms with Crippen molar-refractivity contribution in [3.8, 4) is 5.69 Å². The van der Waals surface area contributed by atoms with Gasteiger partial charge in [0.05, 0.1) is 23.3 Å². The van der Waals surface area contributed by atoms with Crippen molar-refractivity contribution in [3.05, 3.63) is 58.7 Å². The van der Waals surface area contributed by atoms with Crippen LogP contribution in [0.3, 0.4) is 0 Å². The van der Waals surface area contributed by atoms with Crippen LogP contribution in [0.2, 0.25) is 0 Å². The van der Waals surface area contributed by atoms with Crippen molar-refractivity contribution >= 4 is 49.9 Å². The van der Waals surface area contributed by atoms with Gasteiger partial charge in [-0.1, -0.05) is 19.9 Å². The molecule has 11 heteroatoms. The fraction of sp³-hybridized carbons (Fsp3) is 0.273. The highest BCUT2D eigenvalue weighted by molar-refractivity contribution is 8.16. The van der Waals surface area contributed by atoms with Gasteiger partial charge in [0.2, 0.25) is 20.2 Å². The van der Waals surface area contributed by atoms with E-state index in [0.29, 0.717) is 11.3 Å². The molecule has 172 valence electrons. The first-order chi connectivity index (χ1) is 15.5. The minimum absolute atomic E-state index is 0.0480. The number of halogens is 1. The Hall–Kier alpha value is -3.05. The highest BCUT2D eigenvalue weighted by atomic mass is 32.2. The topological polar surface area (TPSA) is 108 Å². The van der Waals surface area contributed by atoms with Crippen molar-refractivity contribution in [1.82, 2.24) is 9.47 Å². The van der Waals surface area contributed by atoms with E-state index in [1.165, 1.54) is 18.2 Å². The Balaban J connectivity index is 1.75. The Labute approximate surface area is 195 Å². The van der Waals surface area contributed by atoms with Gasteiger partial charge >= 0.3 is 0 Å². The molecule has 2 aliphatic rings. The third kappa shape index (κ3) is 4.18. The quantitative estimate of drug-likeness (QED) is 0.520. The molecule has 0 radical (unpaired) electrons. The minimum Gasteiger partial charge on any atom is -0.318 e. The van der Waals surface area contributed by atoms with Crippen LogP contribution in [0.1, 0.15) is 30.8 Å². The SMILES string of the molecule is Cc1cc(/C=C2/C(=N)N3C(=NC2=O)SN=C3S(=O)(=O)CC(C)C)c(C)n1-c1cccc(F)c1. The molecule has 1 aromatic heterocycles. The van der Waals surface area contributed by atoms with E-state index < -0.39 is 15.7 Å². The average molecular weight is 488 g/mol. The summed E-state index contributed by atoms with van der Waals surface area (Å²) in [7, 11) is -3.77. The fourth-order valence-electron chi connectivity index (χ4n) is 3.81. The van der Waals surface area contributed by atoms with Crippen molar-refractivity contribution < 1.29 is 17.6 Å². The number of amides is 1. The first-order valence-electron chi connectivity index (χ1n) is 10.2. The van der Waals surface area contributed by atoms with Gasteiger partial charge in [-0.3, -0.25) is 10.2 Å². The smallest absolute Gasteiger partial charge is 0.283 e. The van der Waals surface area contributed by atoms with Crippen LogP contribution in [0.15, 0.2) is 45.3 Å². The van der Waals surface area contributed by atoms with Crippen molar-refractivity contribution in [1.29, 1.82) is 5.41 Å². The number of carbonyl (C=O) groups is 1. The molecule has 0 unspecified atom stereocenters. The van der Waals surface area contributed by atoms with Crippen molar-refractivity contribution in [3.63, 3.8) is 0 Å². The average Bonchev–Trinajstić information content (AvgIpc) is 3.25. The van der Waals surface area contributed by atoms with Crippen LogP contribution >= 0.6 is 11.9 Å². The number of aliphatic imine (C=N–C) groups is 1. The molecule has 1 N–H and O–H groups in total. The van der Waals surface area contributed by atoms with Crippen molar-refractivity contribution in [2.45, 2.75) is 27.7 Å². The van der Waals surface area contributed by atoms with Crippen molar-refractivity contribution in [2.75, 3.05) is 5.75 Å². The molecule has 0 atom stereocenters. The minimum atomic E-state index is -3.77. The zero-order chi connectivity index (χ0) is 24.1. The molecule has 0 spiro atoms. The van der Waals surface area contributed by atoms with E-state index in [0.717, 1.165) is 28.2 Å². The summed E-state index contributed by atoms with van der Waals surface area (Å²) in [6, 6.07) is 7.97. The number of amidine groups is 3. The van der Waals surface area contributed by atoms with E-state index in [1.54, 1.807) is 26.0 Å². The Morgan fingerprint density at radius 2 is 1.97 bits per heavy atom. The van der Waals surface area contributed by atoms with E-state index in [9.17, 15) is 17.6 Å². The Bertz CT molecular complexity index is 1390. The van der Waals surface area contributed by atoms with Gasteiger partial charge in [0.1, 0.15) is 11.7 Å². The number of hydrogen-bond acceptors (Lipinski definition) is 6. The summed E-state index contributed by atoms with van der Waals surface area (Å²) < 4.78 is 45.2. The molecular weight excluding hydrogens is 465 g/mol. The molecule has 2 aromatic rings. The predicted octanol–water partition coefficient (Wildman–Crippen LogP) is 3.88. The summed E-state index contributed by atoms with van der Waals surface area (Å²) in [5.41, 5.74) is 2.76. The van der Waals surface area contributed by atoms with Crippen LogP contribution < -0.4 is 0 Å². The van der Waals surface area contributed by atoms with Crippen LogP contribution in [0.25, 0.3) is 11.8 Å². The predicted molar refractivity (Wildman–Crippen MR) is 129 cm³/mol. The number of carbonyl (C=O) groups excluding carboxylic acids is 1. The molecule has 3 heterocycles. The van der Waals surface area contributed by atoms with Gasteiger partial charge in [-0.15, -0.1) is 0 Å². The lowest BCUT2D eigenvalue weighted by atomic mass is 10.1. The summed E-state index contributed by atoms with van der Waals surface area (Å²) >= 11 is 0.769. The molecule has 1 amide bonds. The third-order valence-electron chi connectivity index (χ3n) is 5.16. The van der Waals surface area contributed by atoms with E-state index in [1.807, 2.05) is 24.5 Å². The fourth-order valence-corrected chi connectivity index (χ4v) is 6.55. The number of benzene rings is 1. The Morgan fingerprint density at radius 3 is 2.64 bits per heavy atom.